The highest BCUT2D eigenvalue weighted by Gasteiger charge is 2.14. The van der Waals surface area contributed by atoms with Gasteiger partial charge in [0.25, 0.3) is 0 Å². The number of benzene rings is 1. The molecule has 0 bridgehead atoms. The second kappa shape index (κ2) is 4.77. The number of nitrogens with zero attached hydrogens (tertiary/aromatic N) is 4. The summed E-state index contributed by atoms with van der Waals surface area (Å²) < 4.78 is 14.7. The van der Waals surface area contributed by atoms with E-state index in [0.29, 0.717) is 16.5 Å². The van der Waals surface area contributed by atoms with Crippen LogP contribution in [0, 0.1) is 5.82 Å². The molecule has 0 radical (unpaired) electrons. The third-order valence-corrected chi connectivity index (χ3v) is 2.62. The number of halogens is 2. The van der Waals surface area contributed by atoms with Crippen molar-refractivity contribution in [3.05, 3.63) is 34.9 Å². The summed E-state index contributed by atoms with van der Waals surface area (Å²) in [6, 6.07) is 4.12. The van der Waals surface area contributed by atoms with Gasteiger partial charge < -0.3 is 5.32 Å². The van der Waals surface area contributed by atoms with E-state index in [1.165, 1.54) is 16.8 Å². The summed E-state index contributed by atoms with van der Waals surface area (Å²) in [5, 5.41) is 14.6. The Kier molecular flexibility index (Phi) is 3.35. The molecule has 2 rings (SSSR count). The molecule has 5 nitrogen and oxygen atoms in total. The van der Waals surface area contributed by atoms with Crippen LogP contribution in [0.4, 0.5) is 4.39 Å². The molecule has 0 aliphatic carbocycles. The lowest BCUT2D eigenvalue weighted by Gasteiger charge is -2.10. The first-order valence-corrected chi connectivity index (χ1v) is 5.41. The van der Waals surface area contributed by atoms with Crippen molar-refractivity contribution in [2.45, 2.75) is 13.0 Å². The molecule has 1 aromatic heterocycles. The van der Waals surface area contributed by atoms with Gasteiger partial charge in [0.1, 0.15) is 5.82 Å². The topological polar surface area (TPSA) is 55.6 Å². The molecule has 1 heterocycles. The number of rotatable bonds is 3. The van der Waals surface area contributed by atoms with Crippen LogP contribution in [0.5, 0.6) is 0 Å². The summed E-state index contributed by atoms with van der Waals surface area (Å²) in [6.45, 7) is 1.91. The standard InChI is InChI=1S/C10H11ClFN5/c1-6(13-2)10-14-15-16-17(10)9-4-7(11)3-8(12)5-9/h3-6,13H,1-2H3. The zero-order valence-electron chi connectivity index (χ0n) is 9.35. The van der Waals surface area contributed by atoms with Crippen LogP contribution in [-0.4, -0.2) is 27.3 Å². The number of aromatic nitrogens is 4. The molecule has 0 saturated carbocycles. The highest BCUT2D eigenvalue weighted by molar-refractivity contribution is 6.30. The zero-order valence-corrected chi connectivity index (χ0v) is 10.1. The SMILES string of the molecule is CNC(C)c1nnnn1-c1cc(F)cc(Cl)c1. The van der Waals surface area contributed by atoms with E-state index in [2.05, 4.69) is 20.8 Å². The summed E-state index contributed by atoms with van der Waals surface area (Å²) in [5.41, 5.74) is 0.497. The molecule has 0 amide bonds. The van der Waals surface area contributed by atoms with Crippen LogP contribution >= 0.6 is 11.6 Å². The van der Waals surface area contributed by atoms with Crippen molar-refractivity contribution in [1.29, 1.82) is 0 Å². The van der Waals surface area contributed by atoms with Gasteiger partial charge in [-0.3, -0.25) is 0 Å². The quantitative estimate of drug-likeness (QED) is 0.908. The molecule has 90 valence electrons. The van der Waals surface area contributed by atoms with Gasteiger partial charge in [-0.15, -0.1) is 5.10 Å². The predicted octanol–water partition coefficient (Wildman–Crippen LogP) is 1.74. The van der Waals surface area contributed by atoms with E-state index in [-0.39, 0.29) is 6.04 Å². The van der Waals surface area contributed by atoms with Gasteiger partial charge in [-0.05, 0) is 42.6 Å². The minimum Gasteiger partial charge on any atom is -0.311 e. The van der Waals surface area contributed by atoms with Crippen LogP contribution in [-0.2, 0) is 0 Å². The zero-order chi connectivity index (χ0) is 12.4. The van der Waals surface area contributed by atoms with Crippen molar-refractivity contribution in [3.63, 3.8) is 0 Å². The number of hydrogen-bond acceptors (Lipinski definition) is 4. The maximum atomic E-state index is 13.3. The third-order valence-electron chi connectivity index (χ3n) is 2.41. The fourth-order valence-corrected chi connectivity index (χ4v) is 1.65. The van der Waals surface area contributed by atoms with Crippen LogP contribution in [0.15, 0.2) is 18.2 Å². The van der Waals surface area contributed by atoms with E-state index in [4.69, 9.17) is 11.6 Å². The van der Waals surface area contributed by atoms with E-state index in [1.807, 2.05) is 6.92 Å². The summed E-state index contributed by atoms with van der Waals surface area (Å²) in [6.07, 6.45) is 0. The van der Waals surface area contributed by atoms with Crippen LogP contribution in [0.25, 0.3) is 5.69 Å². The molecule has 17 heavy (non-hydrogen) atoms. The van der Waals surface area contributed by atoms with E-state index in [1.54, 1.807) is 13.1 Å². The van der Waals surface area contributed by atoms with Gasteiger partial charge >= 0.3 is 0 Å². The summed E-state index contributed by atoms with van der Waals surface area (Å²) >= 11 is 5.80. The summed E-state index contributed by atoms with van der Waals surface area (Å²) in [5.74, 6) is 0.167. The molecule has 1 atom stereocenters. The van der Waals surface area contributed by atoms with E-state index < -0.39 is 5.82 Å². The largest absolute Gasteiger partial charge is 0.311 e. The number of hydrogen-bond donors (Lipinski definition) is 1. The third kappa shape index (κ3) is 2.42. The Morgan fingerprint density at radius 2 is 2.18 bits per heavy atom. The van der Waals surface area contributed by atoms with Crippen molar-refractivity contribution >= 4 is 11.6 Å². The molecule has 0 aliphatic heterocycles. The predicted molar refractivity (Wildman–Crippen MR) is 61.6 cm³/mol. The lowest BCUT2D eigenvalue weighted by Crippen LogP contribution is -2.17. The Balaban J connectivity index is 2.49. The molecule has 1 N–H and O–H groups in total. The fraction of sp³-hybridized carbons (Fsp3) is 0.300. The van der Waals surface area contributed by atoms with Gasteiger partial charge in [-0.1, -0.05) is 11.6 Å². The molecule has 0 fully saturated rings. The second-order valence-corrected chi connectivity index (χ2v) is 4.02. The Labute approximate surface area is 103 Å². The van der Waals surface area contributed by atoms with Gasteiger partial charge in [0.05, 0.1) is 11.7 Å². The first kappa shape index (κ1) is 11.9. The molecule has 0 aliphatic rings. The van der Waals surface area contributed by atoms with Crippen molar-refractivity contribution < 1.29 is 4.39 Å². The lowest BCUT2D eigenvalue weighted by molar-refractivity contribution is 0.585. The second-order valence-electron chi connectivity index (χ2n) is 3.59. The Morgan fingerprint density at radius 1 is 1.41 bits per heavy atom. The summed E-state index contributed by atoms with van der Waals surface area (Å²) in [7, 11) is 1.79. The van der Waals surface area contributed by atoms with Crippen LogP contribution < -0.4 is 5.32 Å². The van der Waals surface area contributed by atoms with Crippen molar-refractivity contribution in [1.82, 2.24) is 25.5 Å². The molecule has 7 heteroatoms. The fourth-order valence-electron chi connectivity index (χ4n) is 1.44. The van der Waals surface area contributed by atoms with Gasteiger partial charge in [0, 0.05) is 5.02 Å². The highest BCUT2D eigenvalue weighted by Crippen LogP contribution is 2.19. The minimum absolute atomic E-state index is 0.0490. The molecule has 0 saturated heterocycles. The van der Waals surface area contributed by atoms with Crippen molar-refractivity contribution in [2.24, 2.45) is 0 Å². The molecule has 1 unspecified atom stereocenters. The lowest BCUT2D eigenvalue weighted by atomic mass is 10.3. The van der Waals surface area contributed by atoms with Crippen molar-refractivity contribution in [3.8, 4) is 5.69 Å². The first-order chi connectivity index (χ1) is 8.11. The number of nitrogens with one attached hydrogen (secondary N) is 1. The molecule has 1 aromatic carbocycles. The van der Waals surface area contributed by atoms with Crippen LogP contribution in [0.1, 0.15) is 18.8 Å². The van der Waals surface area contributed by atoms with E-state index in [9.17, 15) is 4.39 Å². The van der Waals surface area contributed by atoms with Gasteiger partial charge in [-0.25, -0.2) is 4.39 Å². The minimum atomic E-state index is -0.425. The van der Waals surface area contributed by atoms with Gasteiger partial charge in [0.2, 0.25) is 0 Å². The summed E-state index contributed by atoms with van der Waals surface area (Å²) in [4.78, 5) is 0. The average molecular weight is 256 g/mol. The maximum absolute atomic E-state index is 13.3. The Bertz CT molecular complexity index is 507. The maximum Gasteiger partial charge on any atom is 0.173 e. The monoisotopic (exact) mass is 255 g/mol. The Morgan fingerprint density at radius 3 is 2.82 bits per heavy atom. The average Bonchev–Trinajstić information content (AvgIpc) is 2.75. The first-order valence-electron chi connectivity index (χ1n) is 5.04. The van der Waals surface area contributed by atoms with E-state index in [0.717, 1.165) is 0 Å². The van der Waals surface area contributed by atoms with Gasteiger partial charge in [0.15, 0.2) is 5.82 Å². The molecule has 0 spiro atoms. The highest BCUT2D eigenvalue weighted by atomic mass is 35.5. The molecule has 2 aromatic rings. The molecular weight excluding hydrogens is 245 g/mol. The number of tetrazole rings is 1. The van der Waals surface area contributed by atoms with Crippen LogP contribution in [0.2, 0.25) is 5.02 Å². The molecular formula is C10H11ClFN5. The van der Waals surface area contributed by atoms with Crippen molar-refractivity contribution in [2.75, 3.05) is 7.05 Å². The smallest absolute Gasteiger partial charge is 0.173 e. The van der Waals surface area contributed by atoms with Gasteiger partial charge in [-0.2, -0.15) is 4.68 Å². The normalized spacial score (nSPS) is 12.7. The van der Waals surface area contributed by atoms with E-state index >= 15 is 0 Å². The Hall–Kier alpha value is -1.53. The van der Waals surface area contributed by atoms with Crippen LogP contribution in [0.3, 0.4) is 0 Å².